The van der Waals surface area contributed by atoms with Gasteiger partial charge in [-0.25, -0.2) is 0 Å². The van der Waals surface area contributed by atoms with Crippen LogP contribution in [0.5, 0.6) is 0 Å². The first-order valence-corrected chi connectivity index (χ1v) is 7.79. The van der Waals surface area contributed by atoms with Crippen molar-refractivity contribution in [1.82, 2.24) is 0 Å². The number of rotatable bonds is 3. The molecule has 94 valence electrons. The highest BCUT2D eigenvalue weighted by Gasteiger charge is 2.17. The molecule has 3 rings (SSSR count). The number of aromatic nitrogens is 1. The van der Waals surface area contributed by atoms with Crippen molar-refractivity contribution in [3.05, 3.63) is 35.3 Å². The van der Waals surface area contributed by atoms with Gasteiger partial charge in [0.1, 0.15) is 11.2 Å². The van der Waals surface area contributed by atoms with Crippen molar-refractivity contribution in [2.75, 3.05) is 0 Å². The molecule has 0 unspecified atom stereocenters. The van der Waals surface area contributed by atoms with Crippen molar-refractivity contribution < 1.29 is 4.57 Å². The molecular formula is C16H20NS+. The number of hydrogen-bond acceptors (Lipinski definition) is 1. The predicted molar refractivity (Wildman–Crippen MR) is 78.7 cm³/mol. The lowest BCUT2D eigenvalue weighted by Crippen LogP contribution is -2.33. The van der Waals surface area contributed by atoms with Crippen molar-refractivity contribution in [2.45, 2.75) is 39.2 Å². The third-order valence-electron chi connectivity index (χ3n) is 3.86. The molecule has 1 aromatic heterocycles. The lowest BCUT2D eigenvalue weighted by Gasteiger charge is -1.98. The molecule has 1 aliphatic carbocycles. The van der Waals surface area contributed by atoms with Gasteiger partial charge >= 0.3 is 0 Å². The van der Waals surface area contributed by atoms with Gasteiger partial charge in [-0.2, -0.15) is 4.57 Å². The van der Waals surface area contributed by atoms with Crippen molar-refractivity contribution in [3.8, 4) is 0 Å². The minimum atomic E-state index is 0.820. The Morgan fingerprint density at radius 2 is 2.06 bits per heavy atom. The predicted octanol–water partition coefficient (Wildman–Crippen LogP) is 4.41. The van der Waals surface area contributed by atoms with Gasteiger partial charge < -0.3 is 0 Å². The van der Waals surface area contributed by atoms with Gasteiger partial charge in [-0.1, -0.05) is 42.4 Å². The highest BCUT2D eigenvalue weighted by Crippen LogP contribution is 2.27. The molecule has 2 heteroatoms. The van der Waals surface area contributed by atoms with Crippen molar-refractivity contribution in [2.24, 2.45) is 5.92 Å². The highest BCUT2D eigenvalue weighted by molar-refractivity contribution is 7.18. The molecule has 18 heavy (non-hydrogen) atoms. The Morgan fingerprint density at radius 1 is 1.28 bits per heavy atom. The van der Waals surface area contributed by atoms with Crippen LogP contribution in [-0.4, -0.2) is 0 Å². The number of aryl methyl sites for hydroxylation is 1. The Balaban J connectivity index is 1.95. The molecule has 2 aromatic rings. The van der Waals surface area contributed by atoms with Crippen LogP contribution in [0.15, 0.2) is 30.3 Å². The van der Waals surface area contributed by atoms with E-state index in [-0.39, 0.29) is 0 Å². The third kappa shape index (κ3) is 2.22. The normalized spacial score (nSPS) is 17.2. The zero-order valence-electron chi connectivity index (χ0n) is 10.9. The minimum absolute atomic E-state index is 0.820. The summed E-state index contributed by atoms with van der Waals surface area (Å²) >= 11 is 1.91. The van der Waals surface area contributed by atoms with E-state index in [1.54, 1.807) is 0 Å². The molecule has 1 heterocycles. The van der Waals surface area contributed by atoms with Gasteiger partial charge in [-0.15, -0.1) is 0 Å². The van der Waals surface area contributed by atoms with Gasteiger partial charge in [0.05, 0.1) is 0 Å². The Morgan fingerprint density at radius 3 is 2.83 bits per heavy atom. The smallest absolute Gasteiger partial charge is 0.182 e. The maximum atomic E-state index is 2.43. The second kappa shape index (κ2) is 5.23. The van der Waals surface area contributed by atoms with E-state index in [0.29, 0.717) is 0 Å². The number of nitrogens with zero attached hydrogens (tertiary/aromatic N) is 1. The van der Waals surface area contributed by atoms with Crippen LogP contribution in [-0.2, 0) is 6.54 Å². The molecule has 0 bridgehead atoms. The Hall–Kier alpha value is -1.15. The molecule has 0 saturated heterocycles. The van der Waals surface area contributed by atoms with E-state index in [1.807, 2.05) is 11.3 Å². The maximum Gasteiger partial charge on any atom is 0.262 e. The molecule has 1 nitrogen and oxygen atoms in total. The average Bonchev–Trinajstić information content (AvgIpc) is 3.03. The summed E-state index contributed by atoms with van der Waals surface area (Å²) in [5, 5.41) is 1.39. The van der Waals surface area contributed by atoms with Gasteiger partial charge in [0, 0.05) is 12.1 Å². The Labute approximate surface area is 113 Å². The molecule has 1 saturated carbocycles. The number of benzene rings is 1. The van der Waals surface area contributed by atoms with Crippen LogP contribution in [0.3, 0.4) is 0 Å². The van der Waals surface area contributed by atoms with Gasteiger partial charge in [0.15, 0.2) is 0 Å². The van der Waals surface area contributed by atoms with Crippen LogP contribution < -0.4 is 4.57 Å². The number of fused-ring (bicyclic) bond motifs is 1. The second-order valence-corrected chi connectivity index (χ2v) is 6.12. The summed E-state index contributed by atoms with van der Waals surface area (Å²) in [7, 11) is 0. The number of hydrogen-bond donors (Lipinski definition) is 0. The van der Waals surface area contributed by atoms with Crippen LogP contribution >= 0.6 is 11.3 Å². The fourth-order valence-electron chi connectivity index (χ4n) is 2.87. The second-order valence-electron chi connectivity index (χ2n) is 5.06. The summed E-state index contributed by atoms with van der Waals surface area (Å²) in [6.07, 6.45) is 10.4. The molecule has 0 radical (unpaired) electrons. The molecule has 1 aromatic carbocycles. The van der Waals surface area contributed by atoms with E-state index >= 15 is 0 Å². The fourth-order valence-corrected chi connectivity index (χ4v) is 4.01. The first kappa shape index (κ1) is 11.9. The average molecular weight is 258 g/mol. The molecule has 0 N–H and O–H groups in total. The third-order valence-corrected chi connectivity index (χ3v) is 4.99. The number of thiazole rings is 1. The van der Waals surface area contributed by atoms with Crippen LogP contribution in [0.1, 0.15) is 37.6 Å². The molecular weight excluding hydrogens is 238 g/mol. The minimum Gasteiger partial charge on any atom is -0.182 e. The quantitative estimate of drug-likeness (QED) is 0.718. The largest absolute Gasteiger partial charge is 0.262 e. The Kier molecular flexibility index (Phi) is 3.46. The molecule has 0 spiro atoms. The van der Waals surface area contributed by atoms with Crippen molar-refractivity contribution in [1.29, 1.82) is 0 Å². The van der Waals surface area contributed by atoms with Crippen molar-refractivity contribution >= 4 is 27.6 Å². The molecule has 0 atom stereocenters. The fraction of sp³-hybridized carbons (Fsp3) is 0.438. The summed E-state index contributed by atoms with van der Waals surface area (Å²) in [5.74, 6) is 0.820. The highest BCUT2D eigenvalue weighted by atomic mass is 32.1. The Bertz CT molecular complexity index is 561. The first-order chi connectivity index (χ1) is 8.88. The summed E-state index contributed by atoms with van der Waals surface area (Å²) in [6, 6.07) is 8.70. The van der Waals surface area contributed by atoms with E-state index in [4.69, 9.17) is 0 Å². The van der Waals surface area contributed by atoms with Crippen LogP contribution in [0.4, 0.5) is 0 Å². The lowest BCUT2D eigenvalue weighted by molar-refractivity contribution is -0.665. The van der Waals surface area contributed by atoms with E-state index in [2.05, 4.69) is 47.9 Å². The molecule has 1 aliphatic rings. The van der Waals surface area contributed by atoms with Gasteiger partial charge in [0.2, 0.25) is 5.52 Å². The molecule has 0 aliphatic heterocycles. The molecule has 0 amide bonds. The monoisotopic (exact) mass is 258 g/mol. The van der Waals surface area contributed by atoms with E-state index in [0.717, 1.165) is 12.5 Å². The zero-order valence-corrected chi connectivity index (χ0v) is 11.7. The maximum absolute atomic E-state index is 2.43. The van der Waals surface area contributed by atoms with Crippen molar-refractivity contribution in [3.63, 3.8) is 0 Å². The zero-order chi connectivity index (χ0) is 12.4. The summed E-state index contributed by atoms with van der Waals surface area (Å²) in [6.45, 7) is 3.28. The van der Waals surface area contributed by atoms with Gasteiger partial charge in [-0.05, 0) is 31.7 Å². The topological polar surface area (TPSA) is 3.88 Å². The van der Waals surface area contributed by atoms with Crippen LogP contribution in [0.25, 0.3) is 16.3 Å². The van der Waals surface area contributed by atoms with E-state index in [9.17, 15) is 0 Å². The summed E-state index contributed by atoms with van der Waals surface area (Å²) in [4.78, 5) is 0. The number of allylic oxidation sites excluding steroid dienone is 1. The van der Waals surface area contributed by atoms with Gasteiger partial charge in [0.25, 0.3) is 5.01 Å². The molecule has 1 fully saturated rings. The SMILES string of the molecule is CC[n+]1c(C=CC2CCCC2)sc2ccccc21. The van der Waals surface area contributed by atoms with Gasteiger partial charge in [-0.3, -0.25) is 0 Å². The van der Waals surface area contributed by atoms with E-state index in [1.165, 1.54) is 40.9 Å². The summed E-state index contributed by atoms with van der Waals surface area (Å²) < 4.78 is 3.82. The van der Waals surface area contributed by atoms with E-state index < -0.39 is 0 Å². The standard InChI is InChI=1S/C16H20NS/c1-2-17-14-9-5-6-10-15(14)18-16(17)12-11-13-7-3-4-8-13/h5-6,9-13H,2-4,7-8H2,1H3/q+1. The first-order valence-electron chi connectivity index (χ1n) is 6.98. The summed E-state index contributed by atoms with van der Waals surface area (Å²) in [5.41, 5.74) is 1.37. The van der Waals surface area contributed by atoms with Crippen LogP contribution in [0, 0.1) is 5.92 Å². The number of para-hydroxylation sites is 1. The lowest BCUT2D eigenvalue weighted by atomic mass is 10.1. The van der Waals surface area contributed by atoms with Crippen LogP contribution in [0.2, 0.25) is 0 Å².